The highest BCUT2D eigenvalue weighted by molar-refractivity contribution is 5.83. The van der Waals surface area contributed by atoms with Gasteiger partial charge in [0.25, 0.3) is 0 Å². The fraction of sp³-hybridized carbons (Fsp3) is 0.750. The Labute approximate surface area is 195 Å². The number of para-hydroxylation sites is 2. The first-order chi connectivity index (χ1) is 15.5. The smallest absolute Gasteiger partial charge is 0.149 e. The minimum absolute atomic E-state index is 0.213. The minimum Gasteiger partial charge on any atom is -0.370 e. The highest BCUT2D eigenvalue weighted by atomic mass is 16.1. The van der Waals surface area contributed by atoms with Gasteiger partial charge in [0.05, 0.1) is 17.9 Å². The van der Waals surface area contributed by atoms with Gasteiger partial charge < -0.3 is 9.80 Å². The number of anilines is 2. The molecule has 4 fully saturated rings. The molecule has 4 bridgehead atoms. The lowest BCUT2D eigenvalue weighted by molar-refractivity contribution is -0.115. The molecule has 1 aromatic carbocycles. The van der Waals surface area contributed by atoms with Gasteiger partial charge >= 0.3 is 0 Å². The molecule has 2 saturated carbocycles. The Morgan fingerprint density at radius 2 is 1.44 bits per heavy atom. The van der Waals surface area contributed by atoms with Crippen molar-refractivity contribution in [2.24, 2.45) is 11.8 Å². The predicted octanol–water partition coefficient (Wildman–Crippen LogP) is 5.50. The third-order valence-electron chi connectivity index (χ3n) is 9.21. The van der Waals surface area contributed by atoms with E-state index in [4.69, 9.17) is 0 Å². The molecule has 176 valence electrons. The molecule has 0 amide bonds. The van der Waals surface area contributed by atoms with E-state index < -0.39 is 0 Å². The largest absolute Gasteiger partial charge is 0.370 e. The number of carbonyl (C=O) groups excluding carboxylic acids is 1. The Hall–Kier alpha value is -1.55. The maximum absolute atomic E-state index is 11.7. The number of hydrogen-bond donors (Lipinski definition) is 0. The normalized spacial score (nSPS) is 34.7. The zero-order chi connectivity index (χ0) is 22.2. The van der Waals surface area contributed by atoms with E-state index in [1.807, 2.05) is 7.05 Å². The number of ketones is 1. The van der Waals surface area contributed by atoms with Gasteiger partial charge in [-0.2, -0.15) is 0 Å². The van der Waals surface area contributed by atoms with Crippen molar-refractivity contribution in [3.8, 4) is 0 Å². The van der Waals surface area contributed by atoms with Crippen molar-refractivity contribution in [2.45, 2.75) is 102 Å². The van der Waals surface area contributed by atoms with E-state index in [1.54, 1.807) is 6.92 Å². The van der Waals surface area contributed by atoms with Crippen molar-refractivity contribution in [1.82, 2.24) is 4.90 Å². The van der Waals surface area contributed by atoms with Gasteiger partial charge in [0, 0.05) is 38.3 Å². The van der Waals surface area contributed by atoms with Crippen LogP contribution in [-0.4, -0.2) is 55.5 Å². The summed E-state index contributed by atoms with van der Waals surface area (Å²) < 4.78 is 0. The van der Waals surface area contributed by atoms with Crippen LogP contribution in [0.15, 0.2) is 24.3 Å². The highest BCUT2D eigenvalue weighted by Gasteiger charge is 2.45. The van der Waals surface area contributed by atoms with Gasteiger partial charge in [-0.15, -0.1) is 0 Å². The zero-order valence-electron chi connectivity index (χ0n) is 20.5. The summed E-state index contributed by atoms with van der Waals surface area (Å²) in [6, 6.07) is 11.6. The molecule has 2 saturated heterocycles. The summed E-state index contributed by atoms with van der Waals surface area (Å²) in [5.41, 5.74) is 2.46. The molecule has 5 rings (SSSR count). The molecule has 2 heterocycles. The first kappa shape index (κ1) is 22.3. The van der Waals surface area contributed by atoms with E-state index >= 15 is 0 Å². The lowest BCUT2D eigenvalue weighted by Crippen LogP contribution is -2.61. The van der Waals surface area contributed by atoms with Crippen LogP contribution in [0.2, 0.25) is 0 Å². The summed E-state index contributed by atoms with van der Waals surface area (Å²) in [7, 11) is 4.34. The second kappa shape index (κ2) is 9.37. The van der Waals surface area contributed by atoms with Crippen molar-refractivity contribution in [3.05, 3.63) is 24.3 Å². The third-order valence-corrected chi connectivity index (χ3v) is 9.21. The van der Waals surface area contributed by atoms with Gasteiger partial charge in [0.2, 0.25) is 0 Å². The van der Waals surface area contributed by atoms with Crippen molar-refractivity contribution in [3.63, 3.8) is 0 Å². The summed E-state index contributed by atoms with van der Waals surface area (Å²) in [5.74, 6) is 2.24. The Morgan fingerprint density at radius 3 is 2.06 bits per heavy atom. The first-order valence-electron chi connectivity index (χ1n) is 13.3. The molecule has 4 nitrogen and oxygen atoms in total. The lowest BCUT2D eigenvalue weighted by atomic mass is 9.68. The number of fused-ring (bicyclic) bond motifs is 4. The summed E-state index contributed by atoms with van der Waals surface area (Å²) in [6.07, 6.45) is 15.7. The van der Waals surface area contributed by atoms with Crippen LogP contribution in [0.3, 0.4) is 0 Å². The van der Waals surface area contributed by atoms with Crippen molar-refractivity contribution < 1.29 is 4.79 Å². The van der Waals surface area contributed by atoms with Crippen LogP contribution in [-0.2, 0) is 4.79 Å². The quantitative estimate of drug-likeness (QED) is 0.587. The average Bonchev–Trinajstić information content (AvgIpc) is 2.77. The summed E-state index contributed by atoms with van der Waals surface area (Å²) in [5, 5.41) is 0. The molecule has 0 N–H and O–H groups in total. The van der Waals surface area contributed by atoms with Gasteiger partial charge in [0.15, 0.2) is 0 Å². The third kappa shape index (κ3) is 4.44. The summed E-state index contributed by atoms with van der Waals surface area (Å²) in [4.78, 5) is 19.4. The van der Waals surface area contributed by atoms with E-state index in [-0.39, 0.29) is 5.78 Å². The van der Waals surface area contributed by atoms with Crippen LogP contribution in [0.25, 0.3) is 0 Å². The van der Waals surface area contributed by atoms with Gasteiger partial charge in [-0.3, -0.25) is 9.69 Å². The molecule has 0 spiro atoms. The molecular formula is C28H43N3O. The molecule has 32 heavy (non-hydrogen) atoms. The fourth-order valence-corrected chi connectivity index (χ4v) is 7.94. The fourth-order valence-electron chi connectivity index (χ4n) is 7.94. The Bertz CT molecular complexity index is 784. The molecule has 1 aromatic rings. The van der Waals surface area contributed by atoms with Crippen molar-refractivity contribution in [2.75, 3.05) is 30.4 Å². The maximum Gasteiger partial charge on any atom is 0.149 e. The molecule has 0 radical (unpaired) electrons. The molecule has 2 aliphatic carbocycles. The molecule has 4 unspecified atom stereocenters. The van der Waals surface area contributed by atoms with E-state index in [0.717, 1.165) is 30.0 Å². The van der Waals surface area contributed by atoms with Gasteiger partial charge in [-0.05, 0) is 75.8 Å². The lowest BCUT2D eigenvalue weighted by Gasteiger charge is -2.56. The Morgan fingerprint density at radius 1 is 0.844 bits per heavy atom. The average molecular weight is 438 g/mol. The van der Waals surface area contributed by atoms with Gasteiger partial charge in [0.1, 0.15) is 5.78 Å². The number of benzene rings is 1. The zero-order valence-corrected chi connectivity index (χ0v) is 20.5. The number of hydrogen-bond acceptors (Lipinski definition) is 4. The first-order valence-corrected chi connectivity index (χ1v) is 13.3. The van der Waals surface area contributed by atoms with Crippen LogP contribution in [0.4, 0.5) is 11.4 Å². The minimum atomic E-state index is 0.213. The number of piperidine rings is 2. The van der Waals surface area contributed by atoms with E-state index in [9.17, 15) is 4.79 Å². The highest BCUT2D eigenvalue weighted by Crippen LogP contribution is 2.46. The second-order valence-corrected chi connectivity index (χ2v) is 11.5. The molecule has 4 atom stereocenters. The van der Waals surface area contributed by atoms with Crippen LogP contribution >= 0.6 is 0 Å². The molecule has 0 aromatic heterocycles. The van der Waals surface area contributed by atoms with E-state index in [1.165, 1.54) is 82.0 Å². The van der Waals surface area contributed by atoms with Gasteiger partial charge in [-0.1, -0.05) is 37.8 Å². The van der Waals surface area contributed by atoms with Crippen molar-refractivity contribution >= 4 is 17.2 Å². The standard InChI is InChI=1S/C28H43N3O/c1-20(32)19-29(2)27-12-4-5-13-28(27)30(3)25-17-23-10-7-11-24(18-25)31(23)26-15-21-8-6-9-22(14-21)16-26/h4-5,12-13,21-26H,6-11,14-19H2,1-3H3. The molecular weight excluding hydrogens is 394 g/mol. The van der Waals surface area contributed by atoms with E-state index in [2.05, 4.69) is 46.0 Å². The topological polar surface area (TPSA) is 26.8 Å². The number of likely N-dealkylation sites (N-methyl/N-ethyl adjacent to an activating group) is 1. The molecule has 4 heteroatoms. The number of Topliss-reactive ketones (excluding diaryl/α,β-unsaturated/α-hetero) is 1. The van der Waals surface area contributed by atoms with Crippen LogP contribution in [0.1, 0.15) is 77.6 Å². The maximum atomic E-state index is 11.7. The number of rotatable bonds is 6. The van der Waals surface area contributed by atoms with Crippen molar-refractivity contribution in [1.29, 1.82) is 0 Å². The Kier molecular flexibility index (Phi) is 6.51. The summed E-state index contributed by atoms with van der Waals surface area (Å²) >= 11 is 0. The predicted molar refractivity (Wildman–Crippen MR) is 134 cm³/mol. The van der Waals surface area contributed by atoms with Crippen LogP contribution < -0.4 is 9.80 Å². The Balaban J connectivity index is 1.32. The van der Waals surface area contributed by atoms with Crippen LogP contribution in [0.5, 0.6) is 0 Å². The summed E-state index contributed by atoms with van der Waals surface area (Å²) in [6.45, 7) is 2.15. The number of nitrogens with zero attached hydrogens (tertiary/aromatic N) is 3. The molecule has 2 aliphatic heterocycles. The number of carbonyl (C=O) groups is 1. The second-order valence-electron chi connectivity index (χ2n) is 11.5. The monoisotopic (exact) mass is 437 g/mol. The molecule has 4 aliphatic rings. The van der Waals surface area contributed by atoms with Gasteiger partial charge in [-0.25, -0.2) is 0 Å². The van der Waals surface area contributed by atoms with Crippen LogP contribution in [0, 0.1) is 11.8 Å². The van der Waals surface area contributed by atoms with E-state index in [0.29, 0.717) is 12.6 Å². The SMILES string of the molecule is CC(=O)CN(C)c1ccccc1N(C)C1CC2CCCC(C1)N2C1CC2CCCC(C2)C1.